The third-order valence-electron chi connectivity index (χ3n) is 4.35. The van der Waals surface area contributed by atoms with Crippen molar-refractivity contribution in [3.8, 4) is 11.1 Å². The van der Waals surface area contributed by atoms with E-state index in [4.69, 9.17) is 0 Å². The van der Waals surface area contributed by atoms with E-state index in [0.29, 0.717) is 18.5 Å². The predicted molar refractivity (Wildman–Crippen MR) is 87.0 cm³/mol. The first-order valence-electron chi connectivity index (χ1n) is 7.66. The van der Waals surface area contributed by atoms with Gasteiger partial charge in [0.05, 0.1) is 13.2 Å². The molecule has 3 rings (SSSR count). The number of β-amino-alcohol motifs (C(OH)–C–C–N with tert-alkyl or cyclic N) is 1. The quantitative estimate of drug-likeness (QED) is 0.903. The third-order valence-corrected chi connectivity index (χ3v) is 4.35. The van der Waals surface area contributed by atoms with Gasteiger partial charge in [0.25, 0.3) is 5.91 Å². The van der Waals surface area contributed by atoms with Crippen molar-refractivity contribution < 1.29 is 15.0 Å². The minimum Gasteiger partial charge on any atom is -0.393 e. The van der Waals surface area contributed by atoms with E-state index < -0.39 is 5.60 Å². The fraction of sp³-hybridized carbons (Fsp3) is 0.333. The van der Waals surface area contributed by atoms with Crippen LogP contribution < -0.4 is 0 Å². The number of amides is 1. The molecule has 1 amide bonds. The van der Waals surface area contributed by atoms with Crippen LogP contribution in [0.15, 0.2) is 42.7 Å². The second-order valence-corrected chi connectivity index (χ2v) is 6.13. The molecule has 2 aromatic rings. The smallest absolute Gasteiger partial charge is 0.253 e. The summed E-state index contributed by atoms with van der Waals surface area (Å²) in [6.45, 7) is 2.28. The summed E-state index contributed by atoms with van der Waals surface area (Å²) in [5.74, 6) is -0.122. The van der Waals surface area contributed by atoms with Gasteiger partial charge in [0.1, 0.15) is 5.60 Å². The summed E-state index contributed by atoms with van der Waals surface area (Å²) in [6.07, 6.45) is 3.93. The van der Waals surface area contributed by atoms with Gasteiger partial charge in [-0.2, -0.15) is 0 Å². The monoisotopic (exact) mass is 312 g/mol. The molecule has 0 aliphatic carbocycles. The summed E-state index contributed by atoms with van der Waals surface area (Å²) < 4.78 is 0. The molecule has 23 heavy (non-hydrogen) atoms. The van der Waals surface area contributed by atoms with Gasteiger partial charge in [0.2, 0.25) is 0 Å². The highest BCUT2D eigenvalue weighted by Gasteiger charge is 2.37. The largest absolute Gasteiger partial charge is 0.393 e. The fourth-order valence-electron chi connectivity index (χ4n) is 2.96. The van der Waals surface area contributed by atoms with Gasteiger partial charge in [0, 0.05) is 24.5 Å². The van der Waals surface area contributed by atoms with Crippen molar-refractivity contribution in [2.24, 2.45) is 0 Å². The van der Waals surface area contributed by atoms with E-state index >= 15 is 0 Å². The summed E-state index contributed by atoms with van der Waals surface area (Å²) in [6, 6.07) is 9.39. The number of hydrogen-bond acceptors (Lipinski definition) is 4. The Hall–Kier alpha value is -2.24. The molecule has 1 aliphatic rings. The molecule has 1 aliphatic heterocycles. The average Bonchev–Trinajstić information content (AvgIpc) is 2.98. The van der Waals surface area contributed by atoms with Crippen LogP contribution >= 0.6 is 0 Å². The van der Waals surface area contributed by atoms with Crippen LogP contribution in [0.2, 0.25) is 0 Å². The van der Waals surface area contributed by atoms with Crippen LogP contribution in [-0.2, 0) is 0 Å². The number of aromatic nitrogens is 1. The minimum absolute atomic E-state index is 0.122. The molecule has 120 valence electrons. The van der Waals surface area contributed by atoms with Crippen molar-refractivity contribution in [2.45, 2.75) is 18.9 Å². The van der Waals surface area contributed by atoms with Gasteiger partial charge in [-0.25, -0.2) is 0 Å². The SMILES string of the molecule is Cc1cnccc1-c1cccc(C(=O)N2CCC(O)(CO)C2)c1. The van der Waals surface area contributed by atoms with Crippen LogP contribution in [0.1, 0.15) is 22.3 Å². The van der Waals surface area contributed by atoms with Crippen molar-refractivity contribution >= 4 is 5.91 Å². The van der Waals surface area contributed by atoms with Gasteiger partial charge in [-0.15, -0.1) is 0 Å². The second-order valence-electron chi connectivity index (χ2n) is 6.13. The summed E-state index contributed by atoms with van der Waals surface area (Å²) in [5, 5.41) is 19.3. The number of carbonyl (C=O) groups excluding carboxylic acids is 1. The van der Waals surface area contributed by atoms with Crippen molar-refractivity contribution in [2.75, 3.05) is 19.7 Å². The first kappa shape index (κ1) is 15.6. The van der Waals surface area contributed by atoms with Gasteiger partial charge < -0.3 is 15.1 Å². The van der Waals surface area contributed by atoms with Crippen molar-refractivity contribution in [3.05, 3.63) is 53.9 Å². The molecule has 1 fully saturated rings. The normalized spacial score (nSPS) is 20.7. The maximum absolute atomic E-state index is 12.6. The molecule has 1 aromatic carbocycles. The number of aliphatic hydroxyl groups is 2. The highest BCUT2D eigenvalue weighted by molar-refractivity contribution is 5.95. The Balaban J connectivity index is 1.86. The molecule has 5 heteroatoms. The molecule has 0 radical (unpaired) electrons. The first-order chi connectivity index (χ1) is 11.0. The van der Waals surface area contributed by atoms with E-state index in [1.165, 1.54) is 0 Å². The van der Waals surface area contributed by atoms with Crippen molar-refractivity contribution in [1.29, 1.82) is 0 Å². The molecule has 1 saturated heterocycles. The number of likely N-dealkylation sites (tertiary alicyclic amines) is 1. The number of hydrogen-bond donors (Lipinski definition) is 2. The van der Waals surface area contributed by atoms with E-state index in [0.717, 1.165) is 16.7 Å². The molecule has 0 spiro atoms. The Labute approximate surface area is 135 Å². The van der Waals surface area contributed by atoms with Gasteiger partial charge in [-0.1, -0.05) is 12.1 Å². The zero-order valence-electron chi connectivity index (χ0n) is 13.1. The lowest BCUT2D eigenvalue weighted by molar-refractivity contribution is -0.00455. The van der Waals surface area contributed by atoms with E-state index in [1.807, 2.05) is 31.2 Å². The van der Waals surface area contributed by atoms with Crippen LogP contribution in [0.3, 0.4) is 0 Å². The number of rotatable bonds is 3. The number of benzene rings is 1. The number of nitrogens with zero attached hydrogens (tertiary/aromatic N) is 2. The molecular formula is C18H20N2O3. The van der Waals surface area contributed by atoms with Gasteiger partial charge in [-0.3, -0.25) is 9.78 Å². The topological polar surface area (TPSA) is 73.7 Å². The summed E-state index contributed by atoms with van der Waals surface area (Å²) in [5.41, 5.74) is 2.47. The minimum atomic E-state index is -1.17. The molecule has 0 saturated carbocycles. The Bertz CT molecular complexity index is 732. The van der Waals surface area contributed by atoms with Crippen molar-refractivity contribution in [1.82, 2.24) is 9.88 Å². The Kier molecular flexibility index (Phi) is 4.15. The second kappa shape index (κ2) is 6.10. The van der Waals surface area contributed by atoms with E-state index in [1.54, 1.807) is 23.4 Å². The Morgan fingerprint density at radius 1 is 1.39 bits per heavy atom. The number of pyridine rings is 1. The summed E-state index contributed by atoms with van der Waals surface area (Å²) in [7, 11) is 0. The molecule has 2 heterocycles. The van der Waals surface area contributed by atoms with Crippen LogP contribution in [0, 0.1) is 6.92 Å². The lowest BCUT2D eigenvalue weighted by atomic mass is 10.0. The first-order valence-corrected chi connectivity index (χ1v) is 7.66. The van der Waals surface area contributed by atoms with E-state index in [2.05, 4.69) is 4.98 Å². The molecular weight excluding hydrogens is 292 g/mol. The molecule has 2 N–H and O–H groups in total. The lowest BCUT2D eigenvalue weighted by Crippen LogP contribution is -2.38. The number of carbonyl (C=O) groups is 1. The molecule has 5 nitrogen and oxygen atoms in total. The molecule has 1 aromatic heterocycles. The summed E-state index contributed by atoms with van der Waals surface area (Å²) in [4.78, 5) is 18.3. The molecule has 1 atom stereocenters. The third kappa shape index (κ3) is 3.11. The average molecular weight is 312 g/mol. The Morgan fingerprint density at radius 2 is 2.22 bits per heavy atom. The maximum Gasteiger partial charge on any atom is 0.253 e. The fourth-order valence-corrected chi connectivity index (χ4v) is 2.96. The zero-order valence-corrected chi connectivity index (χ0v) is 13.1. The van der Waals surface area contributed by atoms with E-state index in [9.17, 15) is 15.0 Å². The molecule has 0 bridgehead atoms. The van der Waals surface area contributed by atoms with Gasteiger partial charge in [-0.05, 0) is 48.2 Å². The van der Waals surface area contributed by atoms with Crippen LogP contribution in [0.25, 0.3) is 11.1 Å². The van der Waals surface area contributed by atoms with Crippen LogP contribution in [0.5, 0.6) is 0 Å². The number of aliphatic hydroxyl groups excluding tert-OH is 1. The Morgan fingerprint density at radius 3 is 2.91 bits per heavy atom. The highest BCUT2D eigenvalue weighted by atomic mass is 16.3. The maximum atomic E-state index is 12.6. The van der Waals surface area contributed by atoms with E-state index in [-0.39, 0.29) is 19.1 Å². The predicted octanol–water partition coefficient (Wildman–Crippen LogP) is 1.63. The lowest BCUT2D eigenvalue weighted by Gasteiger charge is -2.21. The van der Waals surface area contributed by atoms with Gasteiger partial charge in [0.15, 0.2) is 0 Å². The zero-order chi connectivity index (χ0) is 16.4. The van der Waals surface area contributed by atoms with Crippen LogP contribution in [0.4, 0.5) is 0 Å². The van der Waals surface area contributed by atoms with Gasteiger partial charge >= 0.3 is 0 Å². The molecule has 1 unspecified atom stereocenters. The van der Waals surface area contributed by atoms with Crippen LogP contribution in [-0.4, -0.2) is 51.3 Å². The summed E-state index contributed by atoms with van der Waals surface area (Å²) >= 11 is 0. The highest BCUT2D eigenvalue weighted by Crippen LogP contribution is 2.26. The van der Waals surface area contributed by atoms with Crippen molar-refractivity contribution in [3.63, 3.8) is 0 Å². The standard InChI is InChI=1S/C18H20N2O3/c1-13-10-19-7-5-16(13)14-3-2-4-15(9-14)17(22)20-8-6-18(23,11-20)12-21/h2-5,7,9-10,21,23H,6,8,11-12H2,1H3. The number of aryl methyl sites for hydroxylation is 1.